The van der Waals surface area contributed by atoms with Crippen molar-refractivity contribution in [1.29, 1.82) is 0 Å². The van der Waals surface area contributed by atoms with E-state index >= 15 is 0 Å². The Morgan fingerprint density at radius 3 is 2.58 bits per heavy atom. The molecule has 2 nitrogen and oxygen atoms in total. The predicted octanol–water partition coefficient (Wildman–Crippen LogP) is 4.51. The Labute approximate surface area is 121 Å². The lowest BCUT2D eigenvalue weighted by molar-refractivity contribution is -0.140. The Morgan fingerprint density at radius 1 is 1.47 bits per heavy atom. The van der Waals surface area contributed by atoms with Crippen LogP contribution in [-0.2, 0) is 15.7 Å². The zero-order valence-electron chi connectivity index (χ0n) is 10.3. The average Bonchev–Trinajstić information content (AvgIpc) is 2.30. The first-order valence-electron chi connectivity index (χ1n) is 5.34. The van der Waals surface area contributed by atoms with Gasteiger partial charge in [0.2, 0.25) is 0 Å². The van der Waals surface area contributed by atoms with E-state index in [4.69, 9.17) is 0 Å². The zero-order chi connectivity index (χ0) is 14.6. The minimum atomic E-state index is -4.36. The third kappa shape index (κ3) is 5.06. The van der Waals surface area contributed by atoms with Gasteiger partial charge < -0.3 is 4.74 Å². The number of benzene rings is 1. The molecule has 0 aliphatic carbocycles. The smallest absolute Gasteiger partial charge is 0.416 e. The molecule has 0 saturated carbocycles. The molecule has 0 aliphatic heterocycles. The average molecular weight is 357 g/mol. The minimum absolute atomic E-state index is 0.0829. The quantitative estimate of drug-likeness (QED) is 0.586. The molecule has 1 aromatic carbocycles. The van der Waals surface area contributed by atoms with Crippen LogP contribution in [0, 0.1) is 0 Å². The van der Waals surface area contributed by atoms with E-state index in [1.807, 2.05) is 6.92 Å². The van der Waals surface area contributed by atoms with E-state index in [0.717, 1.165) is 12.1 Å². The summed E-state index contributed by atoms with van der Waals surface area (Å²) in [5.41, 5.74) is -0.704. The highest BCUT2D eigenvalue weighted by Crippen LogP contribution is 2.37. The Bertz CT molecular complexity index is 463. The number of alkyl halides is 3. The van der Waals surface area contributed by atoms with E-state index in [0.29, 0.717) is 9.37 Å². The number of carbonyl (C=O) groups excluding carboxylic acids is 1. The molecule has 0 radical (unpaired) electrons. The van der Waals surface area contributed by atoms with Crippen LogP contribution in [0.15, 0.2) is 27.6 Å². The lowest BCUT2D eigenvalue weighted by Gasteiger charge is -2.13. The van der Waals surface area contributed by atoms with Gasteiger partial charge in [-0.05, 0) is 34.1 Å². The molecule has 0 bridgehead atoms. The largest absolute Gasteiger partial charge is 0.469 e. The first-order chi connectivity index (χ1) is 8.74. The van der Waals surface area contributed by atoms with Crippen LogP contribution in [-0.4, -0.2) is 18.3 Å². The molecule has 7 heteroatoms. The molecule has 1 aromatic rings. The molecule has 0 saturated heterocycles. The summed E-state index contributed by atoms with van der Waals surface area (Å²) < 4.78 is 42.4. The first-order valence-corrected chi connectivity index (χ1v) is 7.01. The SMILES string of the molecule is COC(=O)CC(C)Sc1ccc(C(F)(F)F)cc1Br. The van der Waals surface area contributed by atoms with Gasteiger partial charge in [0.1, 0.15) is 0 Å². The van der Waals surface area contributed by atoms with E-state index in [1.165, 1.54) is 24.9 Å². The Kier molecular flexibility index (Phi) is 5.73. The molecule has 0 amide bonds. The van der Waals surface area contributed by atoms with Gasteiger partial charge in [-0.15, -0.1) is 11.8 Å². The standard InChI is InChI=1S/C12H12BrF3O2S/c1-7(5-11(17)18-2)19-10-4-3-8(6-9(10)13)12(14,15)16/h3-4,6-7H,5H2,1-2H3. The van der Waals surface area contributed by atoms with Crippen LogP contribution in [0.5, 0.6) is 0 Å². The van der Waals surface area contributed by atoms with Crippen LogP contribution in [0.3, 0.4) is 0 Å². The van der Waals surface area contributed by atoms with Crippen molar-refractivity contribution >= 4 is 33.7 Å². The highest BCUT2D eigenvalue weighted by molar-refractivity contribution is 9.10. The van der Waals surface area contributed by atoms with E-state index in [-0.39, 0.29) is 17.6 Å². The number of halogens is 4. The second-order valence-electron chi connectivity index (χ2n) is 3.85. The van der Waals surface area contributed by atoms with Crippen LogP contribution >= 0.6 is 27.7 Å². The van der Waals surface area contributed by atoms with Gasteiger partial charge in [0.25, 0.3) is 0 Å². The van der Waals surface area contributed by atoms with E-state index in [9.17, 15) is 18.0 Å². The number of ether oxygens (including phenoxy) is 1. The van der Waals surface area contributed by atoms with Gasteiger partial charge >= 0.3 is 12.1 Å². The topological polar surface area (TPSA) is 26.3 Å². The number of methoxy groups -OCH3 is 1. The minimum Gasteiger partial charge on any atom is -0.469 e. The summed E-state index contributed by atoms with van der Waals surface area (Å²) >= 11 is 4.43. The Hall–Kier alpha value is -0.690. The van der Waals surface area contributed by atoms with Gasteiger partial charge in [-0.25, -0.2) is 0 Å². The monoisotopic (exact) mass is 356 g/mol. The van der Waals surface area contributed by atoms with Crippen LogP contribution in [0.25, 0.3) is 0 Å². The molecule has 0 aliphatic rings. The fraction of sp³-hybridized carbons (Fsp3) is 0.417. The molecule has 1 unspecified atom stereocenters. The van der Waals surface area contributed by atoms with E-state index < -0.39 is 11.7 Å². The highest BCUT2D eigenvalue weighted by Gasteiger charge is 2.30. The third-order valence-corrected chi connectivity index (χ3v) is 4.37. The summed E-state index contributed by atoms with van der Waals surface area (Å²) in [4.78, 5) is 11.7. The van der Waals surface area contributed by atoms with Crippen molar-refractivity contribution in [2.75, 3.05) is 7.11 Å². The lowest BCUT2D eigenvalue weighted by Crippen LogP contribution is -2.09. The molecule has 0 spiro atoms. The maximum Gasteiger partial charge on any atom is 0.416 e. The summed E-state index contributed by atoms with van der Waals surface area (Å²) in [7, 11) is 1.30. The van der Waals surface area contributed by atoms with Gasteiger partial charge in [-0.1, -0.05) is 6.92 Å². The van der Waals surface area contributed by atoms with Gasteiger partial charge in [-0.3, -0.25) is 4.79 Å². The van der Waals surface area contributed by atoms with Crippen molar-refractivity contribution in [3.8, 4) is 0 Å². The van der Waals surface area contributed by atoms with Crippen molar-refractivity contribution in [2.24, 2.45) is 0 Å². The molecule has 0 heterocycles. The summed E-state index contributed by atoms with van der Waals surface area (Å²) in [5.74, 6) is -0.344. The number of thioether (sulfide) groups is 1. The summed E-state index contributed by atoms with van der Waals surface area (Å²) in [5, 5.41) is -0.0829. The molecule has 19 heavy (non-hydrogen) atoms. The summed E-state index contributed by atoms with van der Waals surface area (Å²) in [6.45, 7) is 1.81. The molecule has 1 rings (SSSR count). The van der Waals surface area contributed by atoms with Gasteiger partial charge in [-0.2, -0.15) is 13.2 Å². The molecule has 1 atom stereocenters. The number of esters is 1. The van der Waals surface area contributed by atoms with Crippen molar-refractivity contribution < 1.29 is 22.7 Å². The second-order valence-corrected chi connectivity index (χ2v) is 6.19. The van der Waals surface area contributed by atoms with Crippen molar-refractivity contribution in [3.05, 3.63) is 28.2 Å². The first kappa shape index (κ1) is 16.4. The number of carbonyl (C=O) groups is 1. The van der Waals surface area contributed by atoms with E-state index in [1.54, 1.807) is 0 Å². The molecule has 0 N–H and O–H groups in total. The fourth-order valence-electron chi connectivity index (χ4n) is 1.35. The normalized spacial score (nSPS) is 13.2. The van der Waals surface area contributed by atoms with E-state index in [2.05, 4.69) is 20.7 Å². The van der Waals surface area contributed by atoms with Crippen molar-refractivity contribution in [3.63, 3.8) is 0 Å². The second kappa shape index (κ2) is 6.65. The van der Waals surface area contributed by atoms with Crippen molar-refractivity contribution in [2.45, 2.75) is 29.7 Å². The number of hydrogen-bond acceptors (Lipinski definition) is 3. The fourth-order valence-corrected chi connectivity index (χ4v) is 2.98. The lowest BCUT2D eigenvalue weighted by atomic mass is 10.2. The molecule has 106 valence electrons. The molecular formula is C12H12BrF3O2S. The van der Waals surface area contributed by atoms with Gasteiger partial charge in [0.15, 0.2) is 0 Å². The third-order valence-electron chi connectivity index (χ3n) is 2.27. The molecular weight excluding hydrogens is 345 g/mol. The molecule has 0 aromatic heterocycles. The maximum atomic E-state index is 12.5. The maximum absolute atomic E-state index is 12.5. The Balaban J connectivity index is 2.78. The van der Waals surface area contributed by atoms with Crippen LogP contribution < -0.4 is 0 Å². The number of hydrogen-bond donors (Lipinski definition) is 0. The van der Waals surface area contributed by atoms with Crippen molar-refractivity contribution in [1.82, 2.24) is 0 Å². The Morgan fingerprint density at radius 2 is 2.11 bits per heavy atom. The molecule has 0 fully saturated rings. The highest BCUT2D eigenvalue weighted by atomic mass is 79.9. The number of rotatable bonds is 4. The van der Waals surface area contributed by atoms with Crippen LogP contribution in [0.1, 0.15) is 18.9 Å². The summed E-state index contributed by atoms with van der Waals surface area (Å²) in [6.07, 6.45) is -4.15. The van der Waals surface area contributed by atoms with Crippen LogP contribution in [0.4, 0.5) is 13.2 Å². The predicted molar refractivity (Wildman–Crippen MR) is 71.1 cm³/mol. The van der Waals surface area contributed by atoms with Gasteiger partial charge in [0, 0.05) is 14.6 Å². The zero-order valence-corrected chi connectivity index (χ0v) is 12.7. The van der Waals surface area contributed by atoms with Gasteiger partial charge in [0.05, 0.1) is 19.1 Å². The van der Waals surface area contributed by atoms with Crippen LogP contribution in [0.2, 0.25) is 0 Å². The summed E-state index contributed by atoms with van der Waals surface area (Å²) in [6, 6.07) is 3.45.